The van der Waals surface area contributed by atoms with Gasteiger partial charge >= 0.3 is 19.5 Å². The van der Waals surface area contributed by atoms with E-state index in [9.17, 15) is 0 Å². The number of hydrogen-bond acceptors (Lipinski definition) is 0. The van der Waals surface area contributed by atoms with Gasteiger partial charge in [0, 0.05) is 6.15 Å². The van der Waals surface area contributed by atoms with E-state index in [1.54, 1.807) is 0 Å². The van der Waals surface area contributed by atoms with Crippen LogP contribution in [-0.4, -0.2) is 0 Å². The molecule has 0 saturated carbocycles. The first-order valence-corrected chi connectivity index (χ1v) is 0. The van der Waals surface area contributed by atoms with Gasteiger partial charge in [0.25, 0.3) is 0 Å². The largest absolute Gasteiger partial charge is 4.00 e. The number of hydrogen-bond donors (Lipinski definition) is 0. The van der Waals surface area contributed by atoms with Crippen molar-refractivity contribution in [2.75, 3.05) is 0 Å². The van der Waals surface area contributed by atoms with E-state index in [1.807, 2.05) is 0 Å². The van der Waals surface area contributed by atoms with E-state index in [4.69, 9.17) is 0 Å². The zero-order valence-corrected chi connectivity index (χ0v) is 7.07. The molecule has 41 valence electrons. The van der Waals surface area contributed by atoms with Crippen molar-refractivity contribution in [1.29, 1.82) is 0 Å². The van der Waals surface area contributed by atoms with Gasteiger partial charge in [-0.25, -0.2) is 0 Å². The summed E-state index contributed by atoms with van der Waals surface area (Å²) in [6, 6.07) is 0. The molecule has 0 spiro atoms. The van der Waals surface area contributed by atoms with Crippen LogP contribution < -0.4 is 55.8 Å². The quantitative estimate of drug-likeness (QED) is 0.386. The molecule has 0 unspecified atom stereocenters. The molecule has 0 aliphatic heterocycles. The zero-order chi connectivity index (χ0) is 0. The van der Waals surface area contributed by atoms with Crippen LogP contribution in [-0.2, 0) is 19.5 Å². The third-order valence-electron chi connectivity index (χ3n) is 0. The van der Waals surface area contributed by atoms with Crippen molar-refractivity contribution >= 4 is 0 Å². The molecule has 0 aromatic carbocycles. The van der Waals surface area contributed by atoms with E-state index in [0.717, 1.165) is 0 Å². The van der Waals surface area contributed by atoms with Gasteiger partial charge in [0.05, 0.1) is 0 Å². The molecular formula is Cl4NRu. The second-order valence-electron chi connectivity index (χ2n) is 0. The van der Waals surface area contributed by atoms with E-state index in [-0.39, 0.29) is 75.3 Å². The molecule has 0 atom stereocenters. The van der Waals surface area contributed by atoms with Crippen LogP contribution in [0.1, 0.15) is 0 Å². The second kappa shape index (κ2) is 73.2. The molecule has 3 radical (unpaired) electrons. The summed E-state index contributed by atoms with van der Waals surface area (Å²) < 4.78 is 0. The summed E-state index contributed by atoms with van der Waals surface area (Å²) in [5.41, 5.74) is 0. The normalized spacial score (nSPS) is 0. The van der Waals surface area contributed by atoms with Gasteiger partial charge in [-0.1, -0.05) is 0 Å². The SMILES string of the molecule is [Cl-].[Cl-].[Cl-].[Cl-].[N].[Ru+4]. The zero-order valence-electron chi connectivity index (χ0n) is 2.31. The smallest absolute Gasteiger partial charge is 1.00 e. The van der Waals surface area contributed by atoms with Gasteiger partial charge in [0.15, 0.2) is 0 Å². The average molecular weight is 257 g/mol. The standard InChI is InChI=1S/4ClH.N.Ru/h4*1H;;/q;;;;;+4/p-4. The predicted molar refractivity (Wildman–Crippen MR) is 2.13 cm³/mol. The molecule has 0 aliphatic rings. The maximum atomic E-state index is 0. The van der Waals surface area contributed by atoms with Crippen molar-refractivity contribution in [3.8, 4) is 0 Å². The second-order valence-corrected chi connectivity index (χ2v) is 0. The fourth-order valence-electron chi connectivity index (χ4n) is 0. The molecule has 0 fully saturated rings. The fourth-order valence-corrected chi connectivity index (χ4v) is 0. The van der Waals surface area contributed by atoms with Crippen LogP contribution in [0.4, 0.5) is 0 Å². The molecule has 6 heteroatoms. The van der Waals surface area contributed by atoms with Gasteiger partial charge in [0.2, 0.25) is 0 Å². The van der Waals surface area contributed by atoms with Gasteiger partial charge in [-0.2, -0.15) is 0 Å². The fraction of sp³-hybridized carbons (Fsp3) is 0. The van der Waals surface area contributed by atoms with Crippen molar-refractivity contribution < 1.29 is 69.1 Å². The van der Waals surface area contributed by atoms with E-state index in [1.165, 1.54) is 0 Å². The van der Waals surface area contributed by atoms with Crippen LogP contribution in [0.5, 0.6) is 0 Å². The van der Waals surface area contributed by atoms with Crippen molar-refractivity contribution in [1.82, 2.24) is 6.15 Å². The van der Waals surface area contributed by atoms with Gasteiger partial charge < -0.3 is 49.6 Å². The summed E-state index contributed by atoms with van der Waals surface area (Å²) in [5, 5.41) is 0. The summed E-state index contributed by atoms with van der Waals surface area (Å²) >= 11 is 0. The molecule has 0 saturated heterocycles. The van der Waals surface area contributed by atoms with E-state index in [0.29, 0.717) is 0 Å². The number of halogens is 4. The summed E-state index contributed by atoms with van der Waals surface area (Å²) in [6.45, 7) is 0. The summed E-state index contributed by atoms with van der Waals surface area (Å²) in [5.74, 6) is 0. The van der Waals surface area contributed by atoms with Crippen LogP contribution in [0.2, 0.25) is 0 Å². The monoisotopic (exact) mass is 256 g/mol. The minimum Gasteiger partial charge on any atom is -1.00 e. The predicted octanol–water partition coefficient (Wildman–Crippen LogP) is -12.5. The van der Waals surface area contributed by atoms with Crippen LogP contribution in [0.25, 0.3) is 0 Å². The molecular weight excluding hydrogens is 257 g/mol. The van der Waals surface area contributed by atoms with Crippen molar-refractivity contribution in [3.63, 3.8) is 0 Å². The molecule has 0 amide bonds. The summed E-state index contributed by atoms with van der Waals surface area (Å²) in [7, 11) is 0. The molecule has 0 aromatic rings. The van der Waals surface area contributed by atoms with E-state index in [2.05, 4.69) is 0 Å². The molecule has 0 N–H and O–H groups in total. The summed E-state index contributed by atoms with van der Waals surface area (Å²) in [4.78, 5) is 0. The average Bonchev–Trinajstić information content (AvgIpc) is 0. The molecule has 0 heterocycles. The van der Waals surface area contributed by atoms with Crippen LogP contribution in [0, 0.1) is 0 Å². The molecule has 0 bridgehead atoms. The first-order valence-electron chi connectivity index (χ1n) is 0. The molecule has 6 heavy (non-hydrogen) atoms. The Bertz CT molecular complexity index is 7.51. The Labute approximate surface area is 75.0 Å². The Balaban J connectivity index is 0. The van der Waals surface area contributed by atoms with Crippen molar-refractivity contribution in [2.45, 2.75) is 0 Å². The van der Waals surface area contributed by atoms with Crippen molar-refractivity contribution in [3.05, 3.63) is 0 Å². The van der Waals surface area contributed by atoms with E-state index < -0.39 is 0 Å². The molecule has 1 nitrogen and oxygen atoms in total. The molecule has 0 rings (SSSR count). The Hall–Kier alpha value is 1.74. The van der Waals surface area contributed by atoms with Gasteiger partial charge in [-0.15, -0.1) is 0 Å². The molecule has 0 aromatic heterocycles. The maximum Gasteiger partial charge on any atom is 4.00 e. The number of nitrogens with zero attached hydrogens (tertiary/aromatic N) is 1. The Morgan fingerprint density at radius 1 is 0.500 bits per heavy atom. The van der Waals surface area contributed by atoms with Crippen molar-refractivity contribution in [2.24, 2.45) is 0 Å². The number of rotatable bonds is 0. The topological polar surface area (TPSA) is 30.5 Å². The van der Waals surface area contributed by atoms with E-state index >= 15 is 0 Å². The van der Waals surface area contributed by atoms with Gasteiger partial charge in [0.1, 0.15) is 0 Å². The third kappa shape index (κ3) is 42.5. The maximum absolute atomic E-state index is 0. The minimum absolute atomic E-state index is 0. The van der Waals surface area contributed by atoms with Crippen LogP contribution in [0.15, 0.2) is 0 Å². The Kier molecular flexibility index (Phi) is 1410. The molecule has 0 aliphatic carbocycles. The minimum atomic E-state index is 0. The Morgan fingerprint density at radius 2 is 0.500 bits per heavy atom. The first-order chi connectivity index (χ1) is 0. The van der Waals surface area contributed by atoms with Gasteiger partial charge in [-0.05, 0) is 0 Å². The summed E-state index contributed by atoms with van der Waals surface area (Å²) in [6.07, 6.45) is 0. The van der Waals surface area contributed by atoms with Crippen LogP contribution in [0.3, 0.4) is 0 Å². The third-order valence-corrected chi connectivity index (χ3v) is 0. The first kappa shape index (κ1) is 116. The Morgan fingerprint density at radius 3 is 0.500 bits per heavy atom. The van der Waals surface area contributed by atoms with Gasteiger partial charge in [-0.3, -0.25) is 0 Å². The van der Waals surface area contributed by atoms with Crippen LogP contribution >= 0.6 is 0 Å².